The fourth-order valence-corrected chi connectivity index (χ4v) is 0.922. The third-order valence-corrected chi connectivity index (χ3v) is 1.77. The molecule has 0 saturated heterocycles. The van der Waals surface area contributed by atoms with E-state index < -0.39 is 24.9 Å². The van der Waals surface area contributed by atoms with Gasteiger partial charge in [-0.15, -0.1) is 0 Å². The summed E-state index contributed by atoms with van der Waals surface area (Å²) in [5.74, 6) is -3.66. The minimum absolute atomic E-state index is 0.241. The molecule has 1 aromatic rings. The lowest BCUT2D eigenvalue weighted by Crippen LogP contribution is -2.41. The summed E-state index contributed by atoms with van der Waals surface area (Å²) >= 11 is 0. The second-order valence-corrected chi connectivity index (χ2v) is 3.15. The van der Waals surface area contributed by atoms with Gasteiger partial charge in [0.05, 0.1) is 24.8 Å². The number of hydrogen-bond donors (Lipinski definition) is 2. The molecule has 15 heavy (non-hydrogen) atoms. The lowest BCUT2D eigenvalue weighted by Gasteiger charge is -2.13. The monoisotopic (exact) mass is 218 g/mol. The third-order valence-electron chi connectivity index (χ3n) is 1.77. The van der Waals surface area contributed by atoms with Gasteiger partial charge in [0.15, 0.2) is 0 Å². The summed E-state index contributed by atoms with van der Waals surface area (Å²) in [6, 6.07) is 0. The van der Waals surface area contributed by atoms with E-state index >= 15 is 0 Å². The molecule has 0 aliphatic heterocycles. The number of aryl methyl sites for hydroxylation is 1. The average molecular weight is 218 g/mol. The van der Waals surface area contributed by atoms with Crippen molar-refractivity contribution in [3.8, 4) is 0 Å². The number of alkyl halides is 2. The van der Waals surface area contributed by atoms with Crippen LogP contribution in [0.3, 0.4) is 0 Å². The van der Waals surface area contributed by atoms with Crippen molar-refractivity contribution in [1.82, 2.24) is 15.1 Å². The van der Waals surface area contributed by atoms with Crippen LogP contribution in [0.2, 0.25) is 0 Å². The van der Waals surface area contributed by atoms with Crippen molar-refractivity contribution in [3.05, 3.63) is 18.0 Å². The average Bonchev–Trinajstić information content (AvgIpc) is 2.61. The van der Waals surface area contributed by atoms with Crippen molar-refractivity contribution in [2.75, 3.05) is 13.1 Å². The molecule has 84 valence electrons. The van der Waals surface area contributed by atoms with Gasteiger partial charge >= 0.3 is 0 Å². The molecule has 0 aliphatic rings. The van der Waals surface area contributed by atoms with Gasteiger partial charge in [-0.3, -0.25) is 9.48 Å². The Hall–Kier alpha value is -1.50. The Kier molecular flexibility index (Phi) is 3.35. The van der Waals surface area contributed by atoms with Crippen LogP contribution in [0.15, 0.2) is 12.4 Å². The number of hydrogen-bond acceptors (Lipinski definition) is 3. The van der Waals surface area contributed by atoms with Gasteiger partial charge in [0.2, 0.25) is 0 Å². The van der Waals surface area contributed by atoms with Gasteiger partial charge < -0.3 is 11.1 Å². The van der Waals surface area contributed by atoms with E-state index in [0.717, 1.165) is 0 Å². The minimum Gasteiger partial charge on any atom is -0.346 e. The fourth-order valence-electron chi connectivity index (χ4n) is 0.922. The molecule has 1 heterocycles. The molecule has 0 fully saturated rings. The maximum Gasteiger partial charge on any atom is 0.277 e. The first kappa shape index (κ1) is 11.6. The van der Waals surface area contributed by atoms with E-state index in [-0.39, 0.29) is 5.56 Å². The number of halogens is 2. The van der Waals surface area contributed by atoms with Crippen LogP contribution in [-0.2, 0) is 7.05 Å². The quantitative estimate of drug-likeness (QED) is 0.731. The highest BCUT2D eigenvalue weighted by Gasteiger charge is 2.27. The Morgan fingerprint density at radius 3 is 2.87 bits per heavy atom. The Bertz CT molecular complexity index is 350. The van der Waals surface area contributed by atoms with Crippen molar-refractivity contribution in [1.29, 1.82) is 0 Å². The second-order valence-electron chi connectivity index (χ2n) is 3.15. The lowest BCUT2D eigenvalue weighted by molar-refractivity contribution is 0.0118. The molecule has 0 atom stereocenters. The van der Waals surface area contributed by atoms with E-state index in [4.69, 9.17) is 5.73 Å². The molecule has 7 heteroatoms. The molecule has 3 N–H and O–H groups in total. The zero-order valence-corrected chi connectivity index (χ0v) is 8.20. The topological polar surface area (TPSA) is 72.9 Å². The highest BCUT2D eigenvalue weighted by atomic mass is 19.3. The lowest BCUT2D eigenvalue weighted by atomic mass is 10.3. The van der Waals surface area contributed by atoms with Crippen molar-refractivity contribution in [3.63, 3.8) is 0 Å². The molecular weight excluding hydrogens is 206 g/mol. The van der Waals surface area contributed by atoms with E-state index in [9.17, 15) is 13.6 Å². The predicted octanol–water partition coefficient (Wildman–Crippen LogP) is -0.256. The van der Waals surface area contributed by atoms with Crippen LogP contribution >= 0.6 is 0 Å². The maximum absolute atomic E-state index is 12.7. The molecule has 1 rings (SSSR count). The molecule has 0 bridgehead atoms. The Balaban J connectivity index is 2.50. The number of nitrogens with two attached hydrogens (primary N) is 1. The first-order valence-electron chi connectivity index (χ1n) is 4.29. The molecule has 1 amide bonds. The van der Waals surface area contributed by atoms with Gasteiger partial charge in [0, 0.05) is 13.2 Å². The highest BCUT2D eigenvalue weighted by Crippen LogP contribution is 2.09. The SMILES string of the molecule is Cn1cc(C(=O)NCC(F)(F)CN)cn1. The number of aromatic nitrogens is 2. The van der Waals surface area contributed by atoms with Crippen LogP contribution in [0.25, 0.3) is 0 Å². The summed E-state index contributed by atoms with van der Waals surface area (Å²) < 4.78 is 26.8. The molecule has 0 spiro atoms. The van der Waals surface area contributed by atoms with E-state index in [2.05, 4.69) is 10.4 Å². The number of carbonyl (C=O) groups is 1. The van der Waals surface area contributed by atoms with Crippen molar-refractivity contribution in [2.45, 2.75) is 5.92 Å². The molecule has 1 aromatic heterocycles. The Morgan fingerprint density at radius 1 is 1.73 bits per heavy atom. The van der Waals surface area contributed by atoms with Crippen LogP contribution in [0, 0.1) is 0 Å². The summed E-state index contributed by atoms with van der Waals surface area (Å²) in [5.41, 5.74) is 5.06. The zero-order chi connectivity index (χ0) is 11.5. The molecule has 5 nitrogen and oxygen atoms in total. The summed E-state index contributed by atoms with van der Waals surface area (Å²) in [5, 5.41) is 5.83. The number of amides is 1. The summed E-state index contributed by atoms with van der Waals surface area (Å²) in [4.78, 5) is 11.3. The number of rotatable bonds is 4. The molecule has 0 aliphatic carbocycles. The fraction of sp³-hybridized carbons (Fsp3) is 0.500. The summed E-state index contributed by atoms with van der Waals surface area (Å²) in [6.07, 6.45) is 2.74. The van der Waals surface area contributed by atoms with Crippen LogP contribution in [0.5, 0.6) is 0 Å². The van der Waals surface area contributed by atoms with E-state index in [1.165, 1.54) is 17.1 Å². The van der Waals surface area contributed by atoms with Gasteiger partial charge in [0.1, 0.15) is 0 Å². The zero-order valence-electron chi connectivity index (χ0n) is 8.20. The van der Waals surface area contributed by atoms with Crippen molar-refractivity contribution < 1.29 is 13.6 Å². The van der Waals surface area contributed by atoms with Gasteiger partial charge in [-0.05, 0) is 0 Å². The normalized spacial score (nSPS) is 11.5. The van der Waals surface area contributed by atoms with Crippen molar-refractivity contribution >= 4 is 5.91 Å². The third kappa shape index (κ3) is 3.28. The number of nitrogens with zero attached hydrogens (tertiary/aromatic N) is 2. The maximum atomic E-state index is 12.7. The smallest absolute Gasteiger partial charge is 0.277 e. The Labute approximate surface area is 85.2 Å². The first-order chi connectivity index (χ1) is 6.94. The molecular formula is C8H12F2N4O. The highest BCUT2D eigenvalue weighted by molar-refractivity contribution is 5.93. The van der Waals surface area contributed by atoms with Crippen LogP contribution in [0.1, 0.15) is 10.4 Å². The molecule has 0 unspecified atom stereocenters. The van der Waals surface area contributed by atoms with Gasteiger partial charge in [0.25, 0.3) is 11.8 Å². The van der Waals surface area contributed by atoms with Crippen LogP contribution in [-0.4, -0.2) is 34.7 Å². The predicted molar refractivity (Wildman–Crippen MR) is 49.5 cm³/mol. The minimum atomic E-state index is -3.07. The van der Waals surface area contributed by atoms with Crippen molar-refractivity contribution in [2.24, 2.45) is 12.8 Å². The summed E-state index contributed by atoms with van der Waals surface area (Å²) in [6.45, 7) is -1.56. The van der Waals surface area contributed by atoms with E-state index in [0.29, 0.717) is 0 Å². The second kappa shape index (κ2) is 4.35. The standard InChI is InChI=1S/C8H12F2N4O/c1-14-3-6(2-13-14)7(15)12-5-8(9,10)4-11/h2-3H,4-5,11H2,1H3,(H,12,15). The molecule has 0 saturated carbocycles. The van der Waals surface area contributed by atoms with Crippen LogP contribution < -0.4 is 11.1 Å². The van der Waals surface area contributed by atoms with Gasteiger partial charge in [-0.1, -0.05) is 0 Å². The molecule has 0 aromatic carbocycles. The van der Waals surface area contributed by atoms with E-state index in [1.807, 2.05) is 0 Å². The number of nitrogens with one attached hydrogen (secondary N) is 1. The largest absolute Gasteiger partial charge is 0.346 e. The van der Waals surface area contributed by atoms with E-state index in [1.54, 1.807) is 7.05 Å². The summed E-state index contributed by atoms with van der Waals surface area (Å²) in [7, 11) is 1.63. The number of carbonyl (C=O) groups excluding carboxylic acids is 1. The molecule has 0 radical (unpaired) electrons. The Morgan fingerprint density at radius 2 is 2.40 bits per heavy atom. The van der Waals surface area contributed by atoms with Gasteiger partial charge in [-0.2, -0.15) is 5.10 Å². The van der Waals surface area contributed by atoms with Gasteiger partial charge in [-0.25, -0.2) is 8.78 Å². The first-order valence-corrected chi connectivity index (χ1v) is 4.29. The van der Waals surface area contributed by atoms with Crippen LogP contribution in [0.4, 0.5) is 8.78 Å².